The number of carbonyl (C=O) groups is 2. The molecular formula is C18H20N2O2S. The Kier molecular flexibility index (Phi) is 4.48. The average Bonchev–Trinajstić information content (AvgIpc) is 2.96. The minimum atomic E-state index is -0.312. The van der Waals surface area contributed by atoms with Crippen molar-refractivity contribution >= 4 is 23.2 Å². The summed E-state index contributed by atoms with van der Waals surface area (Å²) in [6.45, 7) is 4.20. The van der Waals surface area contributed by atoms with Crippen LogP contribution in [0.2, 0.25) is 0 Å². The zero-order chi connectivity index (χ0) is 16.4. The van der Waals surface area contributed by atoms with Crippen LogP contribution in [0.1, 0.15) is 49.4 Å². The number of aryl methyl sites for hydroxylation is 2. The number of benzene rings is 1. The molecule has 0 spiro atoms. The maximum Gasteiger partial charge on any atom is 0.279 e. The zero-order valence-corrected chi connectivity index (χ0v) is 14.1. The van der Waals surface area contributed by atoms with Crippen LogP contribution in [0.25, 0.3) is 0 Å². The van der Waals surface area contributed by atoms with Gasteiger partial charge in [0.05, 0.1) is 4.88 Å². The second-order valence-corrected chi connectivity index (χ2v) is 7.32. The molecule has 2 N–H and O–H groups in total. The van der Waals surface area contributed by atoms with E-state index in [0.717, 1.165) is 18.4 Å². The van der Waals surface area contributed by atoms with Crippen molar-refractivity contribution in [3.8, 4) is 0 Å². The molecule has 1 aromatic carbocycles. The number of hydrazine groups is 1. The topological polar surface area (TPSA) is 58.2 Å². The Morgan fingerprint density at radius 3 is 2.57 bits per heavy atom. The fraction of sp³-hybridized carbons (Fsp3) is 0.333. The molecule has 0 aliphatic heterocycles. The third kappa shape index (κ3) is 3.62. The molecule has 0 fully saturated rings. The predicted molar refractivity (Wildman–Crippen MR) is 91.6 cm³/mol. The third-order valence-corrected chi connectivity index (χ3v) is 5.39. The van der Waals surface area contributed by atoms with E-state index < -0.39 is 0 Å². The van der Waals surface area contributed by atoms with Crippen LogP contribution in [0.3, 0.4) is 0 Å². The van der Waals surface area contributed by atoms with E-state index in [9.17, 15) is 9.59 Å². The molecule has 23 heavy (non-hydrogen) atoms. The van der Waals surface area contributed by atoms with E-state index in [2.05, 4.69) is 17.8 Å². The van der Waals surface area contributed by atoms with Crippen LogP contribution in [0.5, 0.6) is 0 Å². The highest BCUT2D eigenvalue weighted by Crippen LogP contribution is 2.32. The summed E-state index contributed by atoms with van der Waals surface area (Å²) >= 11 is 1.53. The van der Waals surface area contributed by atoms with Crippen LogP contribution in [0.4, 0.5) is 0 Å². The van der Waals surface area contributed by atoms with E-state index in [0.29, 0.717) is 16.4 Å². The Balaban J connectivity index is 1.61. The highest BCUT2D eigenvalue weighted by molar-refractivity contribution is 7.14. The van der Waals surface area contributed by atoms with E-state index in [1.165, 1.54) is 28.2 Å². The van der Waals surface area contributed by atoms with Crippen LogP contribution >= 0.6 is 11.3 Å². The molecule has 0 saturated heterocycles. The van der Waals surface area contributed by atoms with Gasteiger partial charge in [-0.1, -0.05) is 24.6 Å². The summed E-state index contributed by atoms with van der Waals surface area (Å²) in [4.78, 5) is 26.2. The highest BCUT2D eigenvalue weighted by atomic mass is 32.1. The number of thiophene rings is 1. The van der Waals surface area contributed by atoms with E-state index in [-0.39, 0.29) is 11.8 Å². The molecule has 120 valence electrons. The summed E-state index contributed by atoms with van der Waals surface area (Å²) in [5.74, 6) is 0.111. The van der Waals surface area contributed by atoms with E-state index in [1.54, 1.807) is 12.1 Å². The first-order valence-corrected chi connectivity index (χ1v) is 8.63. The Morgan fingerprint density at radius 2 is 1.83 bits per heavy atom. The Morgan fingerprint density at radius 1 is 1.13 bits per heavy atom. The Bertz CT molecular complexity index is 734. The van der Waals surface area contributed by atoms with Gasteiger partial charge in [-0.3, -0.25) is 20.4 Å². The lowest BCUT2D eigenvalue weighted by Gasteiger charge is -2.16. The predicted octanol–water partition coefficient (Wildman–Crippen LogP) is 3.26. The Labute approximate surface area is 139 Å². The summed E-state index contributed by atoms with van der Waals surface area (Å²) in [7, 11) is 0. The van der Waals surface area contributed by atoms with Crippen molar-refractivity contribution in [2.45, 2.75) is 33.1 Å². The van der Waals surface area contributed by atoms with Crippen molar-refractivity contribution < 1.29 is 9.59 Å². The lowest BCUT2D eigenvalue weighted by molar-refractivity contribution is 0.0849. The van der Waals surface area contributed by atoms with E-state index >= 15 is 0 Å². The maximum atomic E-state index is 12.2. The number of amides is 2. The molecule has 4 nitrogen and oxygen atoms in total. The molecule has 0 bridgehead atoms. The molecule has 1 heterocycles. The number of hydrogen-bond donors (Lipinski definition) is 2. The maximum absolute atomic E-state index is 12.2. The summed E-state index contributed by atoms with van der Waals surface area (Å²) < 4.78 is 0. The fourth-order valence-corrected chi connectivity index (χ4v) is 3.87. The van der Waals surface area contributed by atoms with Crippen molar-refractivity contribution in [2.24, 2.45) is 5.92 Å². The number of rotatable bonds is 2. The molecule has 1 unspecified atom stereocenters. The number of hydrogen-bond acceptors (Lipinski definition) is 3. The van der Waals surface area contributed by atoms with E-state index in [1.807, 2.05) is 25.1 Å². The lowest BCUT2D eigenvalue weighted by atomic mass is 9.90. The second-order valence-electron chi connectivity index (χ2n) is 6.18. The standard InChI is InChI=1S/C18H20N2O2S/c1-11-3-6-13(7-4-11)17(21)19-20-18(22)16-10-14-9-12(2)5-8-15(14)23-16/h3-4,6-7,10,12H,5,8-9H2,1-2H3,(H,19,21)(H,20,22). The first-order valence-electron chi connectivity index (χ1n) is 7.82. The van der Waals surface area contributed by atoms with Crippen molar-refractivity contribution in [3.63, 3.8) is 0 Å². The second kappa shape index (κ2) is 6.54. The normalized spacial score (nSPS) is 16.5. The molecule has 3 rings (SSSR count). The average molecular weight is 328 g/mol. The van der Waals surface area contributed by atoms with Gasteiger partial charge in [-0.15, -0.1) is 11.3 Å². The minimum absolute atomic E-state index is 0.252. The van der Waals surface area contributed by atoms with E-state index in [4.69, 9.17) is 0 Å². The van der Waals surface area contributed by atoms with Gasteiger partial charge < -0.3 is 0 Å². The smallest absolute Gasteiger partial charge is 0.267 e. The molecule has 0 saturated carbocycles. The quantitative estimate of drug-likeness (QED) is 0.831. The molecule has 1 aliphatic rings. The Hall–Kier alpha value is -2.14. The van der Waals surface area contributed by atoms with Crippen molar-refractivity contribution in [1.82, 2.24) is 10.9 Å². The summed E-state index contributed by atoms with van der Waals surface area (Å²) in [6, 6.07) is 9.17. The largest absolute Gasteiger partial charge is 0.279 e. The highest BCUT2D eigenvalue weighted by Gasteiger charge is 2.20. The van der Waals surface area contributed by atoms with Crippen molar-refractivity contribution in [1.29, 1.82) is 0 Å². The molecule has 1 aliphatic carbocycles. The van der Waals surface area contributed by atoms with Gasteiger partial charge in [0.2, 0.25) is 0 Å². The van der Waals surface area contributed by atoms with Gasteiger partial charge in [0.25, 0.3) is 11.8 Å². The molecule has 2 aromatic rings. The van der Waals surface area contributed by atoms with Crippen molar-refractivity contribution in [3.05, 3.63) is 56.8 Å². The molecule has 2 amide bonds. The first kappa shape index (κ1) is 15.7. The van der Waals surface area contributed by atoms with Crippen LogP contribution < -0.4 is 10.9 Å². The summed E-state index contributed by atoms with van der Waals surface area (Å²) in [6.07, 6.45) is 3.26. The number of fused-ring (bicyclic) bond motifs is 1. The van der Waals surface area contributed by atoms with Crippen molar-refractivity contribution in [2.75, 3.05) is 0 Å². The van der Waals surface area contributed by atoms with Crippen LogP contribution in [0.15, 0.2) is 30.3 Å². The summed E-state index contributed by atoms with van der Waals surface area (Å²) in [5.41, 5.74) is 7.87. The molecule has 5 heteroatoms. The SMILES string of the molecule is Cc1ccc(C(=O)NNC(=O)c2cc3c(s2)CCC(C)C3)cc1. The van der Waals surface area contributed by atoms with Gasteiger partial charge in [-0.05, 0) is 55.9 Å². The van der Waals surface area contributed by atoms with Crippen LogP contribution in [-0.2, 0) is 12.8 Å². The molecule has 1 aromatic heterocycles. The monoisotopic (exact) mass is 328 g/mol. The van der Waals surface area contributed by atoms with Gasteiger partial charge in [-0.25, -0.2) is 0 Å². The lowest BCUT2D eigenvalue weighted by Crippen LogP contribution is -2.41. The number of nitrogens with one attached hydrogen (secondary N) is 2. The number of carbonyl (C=O) groups excluding carboxylic acids is 2. The third-order valence-electron chi connectivity index (χ3n) is 4.16. The van der Waals surface area contributed by atoms with Crippen LogP contribution in [-0.4, -0.2) is 11.8 Å². The van der Waals surface area contributed by atoms with Gasteiger partial charge in [-0.2, -0.15) is 0 Å². The minimum Gasteiger partial charge on any atom is -0.267 e. The van der Waals surface area contributed by atoms with Gasteiger partial charge >= 0.3 is 0 Å². The van der Waals surface area contributed by atoms with Gasteiger partial charge in [0.1, 0.15) is 0 Å². The summed E-state index contributed by atoms with van der Waals surface area (Å²) in [5, 5.41) is 0. The molecule has 0 radical (unpaired) electrons. The van der Waals surface area contributed by atoms with Gasteiger partial charge in [0, 0.05) is 10.4 Å². The van der Waals surface area contributed by atoms with Crippen LogP contribution in [0, 0.1) is 12.8 Å². The zero-order valence-electron chi connectivity index (χ0n) is 13.3. The van der Waals surface area contributed by atoms with Gasteiger partial charge in [0.15, 0.2) is 0 Å². The first-order chi connectivity index (χ1) is 11.0. The molecular weight excluding hydrogens is 308 g/mol. The fourth-order valence-electron chi connectivity index (χ4n) is 2.77. The molecule has 1 atom stereocenters.